The highest BCUT2D eigenvalue weighted by Crippen LogP contribution is 2.32. The van der Waals surface area contributed by atoms with Crippen molar-refractivity contribution in [1.29, 1.82) is 0 Å². The molecule has 1 aliphatic carbocycles. The lowest BCUT2D eigenvalue weighted by Crippen LogP contribution is -2.47. The number of nitrogens with zero attached hydrogens (tertiary/aromatic N) is 5. The van der Waals surface area contributed by atoms with Gasteiger partial charge < -0.3 is 15.8 Å². The fraction of sp³-hybridized carbons (Fsp3) is 0.364. The summed E-state index contributed by atoms with van der Waals surface area (Å²) < 4.78 is 1.98. The standard InChI is InChI=1S/C33H35N7O4/c34-31(42)30(8-4-16-41)40-32(43)25-14-13-24(17-26(25)33(40)44)37-23-11-9-21(10-12-23)5-3-15-39-20-22(18-36-39)29-19-35-27-6-1-2-7-28(27)38-29/h1-2,6-7,13-14,16-21,23,30,37H,3-5,8-12,15H2,(H2,34,42). The molecule has 1 atom stereocenters. The van der Waals surface area contributed by atoms with Crippen LogP contribution >= 0.6 is 0 Å². The van der Waals surface area contributed by atoms with Crippen molar-refractivity contribution >= 4 is 40.7 Å². The number of anilines is 1. The van der Waals surface area contributed by atoms with Crippen molar-refractivity contribution in [3.05, 3.63) is 72.2 Å². The van der Waals surface area contributed by atoms with Gasteiger partial charge in [0.25, 0.3) is 11.8 Å². The number of imide groups is 1. The number of hydrogen-bond donors (Lipinski definition) is 2. The molecule has 2 aromatic heterocycles. The molecule has 1 saturated carbocycles. The zero-order chi connectivity index (χ0) is 30.6. The number of fused-ring (bicyclic) bond motifs is 2. The molecule has 6 rings (SSSR count). The Hall–Kier alpha value is -4.93. The van der Waals surface area contributed by atoms with E-state index in [9.17, 15) is 19.2 Å². The van der Waals surface area contributed by atoms with Gasteiger partial charge in [0.2, 0.25) is 5.91 Å². The molecule has 0 spiro atoms. The number of rotatable bonds is 12. The van der Waals surface area contributed by atoms with E-state index >= 15 is 0 Å². The summed E-state index contributed by atoms with van der Waals surface area (Å²) in [5.74, 6) is -1.26. The van der Waals surface area contributed by atoms with Crippen molar-refractivity contribution in [1.82, 2.24) is 24.6 Å². The number of hydrogen-bond acceptors (Lipinski definition) is 8. The molecule has 4 aromatic rings. The van der Waals surface area contributed by atoms with E-state index in [0.29, 0.717) is 12.2 Å². The molecule has 2 aromatic carbocycles. The van der Waals surface area contributed by atoms with Crippen LogP contribution in [0.4, 0.5) is 5.69 Å². The van der Waals surface area contributed by atoms with Gasteiger partial charge in [-0.2, -0.15) is 5.10 Å². The van der Waals surface area contributed by atoms with Crippen LogP contribution in [0.1, 0.15) is 72.1 Å². The van der Waals surface area contributed by atoms with Crippen LogP contribution in [-0.4, -0.2) is 60.7 Å². The number of aromatic nitrogens is 4. The maximum absolute atomic E-state index is 13.1. The highest BCUT2D eigenvalue weighted by molar-refractivity contribution is 6.23. The largest absolute Gasteiger partial charge is 0.382 e. The SMILES string of the molecule is NC(=O)C(CCC=O)N1C(=O)c2ccc(NC3CCC(CCCn4cc(-c5cnc6ccccc6n5)cn4)CC3)cc2C1=O. The second-order valence-electron chi connectivity index (χ2n) is 11.6. The van der Waals surface area contributed by atoms with Gasteiger partial charge in [-0.05, 0) is 81.2 Å². The Bertz CT molecular complexity index is 1710. The Morgan fingerprint density at radius 2 is 1.80 bits per heavy atom. The second kappa shape index (κ2) is 12.7. The monoisotopic (exact) mass is 593 g/mol. The first-order valence-electron chi connectivity index (χ1n) is 15.2. The molecule has 0 radical (unpaired) electrons. The minimum atomic E-state index is -1.14. The summed E-state index contributed by atoms with van der Waals surface area (Å²) in [6.07, 6.45) is 12.8. The van der Waals surface area contributed by atoms with Crippen molar-refractivity contribution in [2.45, 2.75) is 70.0 Å². The molecule has 11 nitrogen and oxygen atoms in total. The van der Waals surface area contributed by atoms with Crippen LogP contribution < -0.4 is 11.1 Å². The first-order chi connectivity index (χ1) is 21.4. The highest BCUT2D eigenvalue weighted by atomic mass is 16.2. The molecule has 3 amide bonds. The molecular weight excluding hydrogens is 558 g/mol. The van der Waals surface area contributed by atoms with E-state index in [1.54, 1.807) is 24.4 Å². The lowest BCUT2D eigenvalue weighted by Gasteiger charge is -2.30. The number of nitrogens with two attached hydrogens (primary N) is 1. The van der Waals surface area contributed by atoms with Gasteiger partial charge in [-0.15, -0.1) is 0 Å². The third-order valence-corrected chi connectivity index (χ3v) is 8.71. The van der Waals surface area contributed by atoms with E-state index in [1.807, 2.05) is 41.3 Å². The molecule has 11 heteroatoms. The molecule has 3 heterocycles. The van der Waals surface area contributed by atoms with E-state index in [-0.39, 0.29) is 30.0 Å². The number of para-hydroxylation sites is 2. The second-order valence-corrected chi connectivity index (χ2v) is 11.6. The zero-order valence-electron chi connectivity index (χ0n) is 24.4. The van der Waals surface area contributed by atoms with Crippen molar-refractivity contribution in [3.8, 4) is 11.3 Å². The minimum absolute atomic E-state index is 0.0160. The Labute approximate surface area is 254 Å². The highest BCUT2D eigenvalue weighted by Gasteiger charge is 2.42. The van der Waals surface area contributed by atoms with Crippen LogP contribution in [0.3, 0.4) is 0 Å². The number of nitrogens with one attached hydrogen (secondary N) is 1. The van der Waals surface area contributed by atoms with Crippen LogP contribution in [0.15, 0.2) is 61.1 Å². The predicted octanol–water partition coefficient (Wildman–Crippen LogP) is 4.37. The quantitative estimate of drug-likeness (QED) is 0.181. The fourth-order valence-corrected chi connectivity index (χ4v) is 6.34. The number of carbonyl (C=O) groups excluding carboxylic acids is 4. The van der Waals surface area contributed by atoms with Crippen LogP contribution in [0, 0.1) is 5.92 Å². The topological polar surface area (TPSA) is 153 Å². The number of aryl methyl sites for hydroxylation is 1. The van der Waals surface area contributed by atoms with Crippen LogP contribution in [0.25, 0.3) is 22.3 Å². The molecule has 0 bridgehead atoms. The average molecular weight is 594 g/mol. The summed E-state index contributed by atoms with van der Waals surface area (Å²) in [6.45, 7) is 0.851. The third kappa shape index (κ3) is 6.08. The fourth-order valence-electron chi connectivity index (χ4n) is 6.34. The molecule has 1 fully saturated rings. The van der Waals surface area contributed by atoms with E-state index in [2.05, 4.69) is 15.4 Å². The number of carbonyl (C=O) groups is 4. The van der Waals surface area contributed by atoms with E-state index in [0.717, 1.165) is 77.9 Å². The maximum atomic E-state index is 13.1. The van der Waals surface area contributed by atoms with Gasteiger partial charge >= 0.3 is 0 Å². The first kappa shape index (κ1) is 29.2. The molecule has 2 aliphatic rings. The number of primary amides is 1. The lowest BCUT2D eigenvalue weighted by molar-refractivity contribution is -0.122. The summed E-state index contributed by atoms with van der Waals surface area (Å²) in [5.41, 5.74) is 10.3. The molecular formula is C33H35N7O4. The van der Waals surface area contributed by atoms with Crippen LogP contribution in [0.5, 0.6) is 0 Å². The van der Waals surface area contributed by atoms with Gasteiger partial charge in [-0.25, -0.2) is 4.98 Å². The van der Waals surface area contributed by atoms with Gasteiger partial charge in [-0.3, -0.25) is 28.9 Å². The van der Waals surface area contributed by atoms with Crippen LogP contribution in [0.2, 0.25) is 0 Å². The molecule has 3 N–H and O–H groups in total. The summed E-state index contributed by atoms with van der Waals surface area (Å²) in [7, 11) is 0. The van der Waals surface area contributed by atoms with Gasteiger partial charge in [0.05, 0.1) is 40.2 Å². The Morgan fingerprint density at radius 1 is 1.02 bits per heavy atom. The van der Waals surface area contributed by atoms with Crippen LogP contribution in [-0.2, 0) is 16.1 Å². The van der Waals surface area contributed by atoms with Gasteiger partial charge in [0.15, 0.2) is 0 Å². The van der Waals surface area contributed by atoms with Crippen molar-refractivity contribution in [2.75, 3.05) is 5.32 Å². The summed E-state index contributed by atoms with van der Waals surface area (Å²) in [4.78, 5) is 58.9. The van der Waals surface area contributed by atoms with Crippen molar-refractivity contribution < 1.29 is 19.2 Å². The Morgan fingerprint density at radius 3 is 2.57 bits per heavy atom. The van der Waals surface area contributed by atoms with Gasteiger partial charge in [0.1, 0.15) is 12.3 Å². The normalized spacial score (nSPS) is 18.8. The molecule has 1 unspecified atom stereocenters. The minimum Gasteiger partial charge on any atom is -0.382 e. The Balaban J connectivity index is 0.978. The smallest absolute Gasteiger partial charge is 0.262 e. The summed E-state index contributed by atoms with van der Waals surface area (Å²) >= 11 is 0. The Kier molecular flexibility index (Phi) is 8.44. The van der Waals surface area contributed by atoms with Crippen molar-refractivity contribution in [3.63, 3.8) is 0 Å². The molecule has 226 valence electrons. The number of benzene rings is 2. The van der Waals surface area contributed by atoms with E-state index in [4.69, 9.17) is 10.7 Å². The summed E-state index contributed by atoms with van der Waals surface area (Å²) in [5, 5.41) is 8.07. The van der Waals surface area contributed by atoms with Gasteiger partial charge in [-0.1, -0.05) is 12.1 Å². The number of aldehydes is 1. The first-order valence-corrected chi connectivity index (χ1v) is 15.2. The van der Waals surface area contributed by atoms with Gasteiger partial charge in [0, 0.05) is 36.5 Å². The predicted molar refractivity (Wildman–Crippen MR) is 165 cm³/mol. The van der Waals surface area contributed by atoms with Crippen molar-refractivity contribution in [2.24, 2.45) is 11.7 Å². The molecule has 0 saturated heterocycles. The average Bonchev–Trinajstić information content (AvgIpc) is 3.60. The van der Waals surface area contributed by atoms with E-state index in [1.165, 1.54) is 0 Å². The molecule has 1 aliphatic heterocycles. The lowest BCUT2D eigenvalue weighted by atomic mass is 9.83. The third-order valence-electron chi connectivity index (χ3n) is 8.71. The molecule has 44 heavy (non-hydrogen) atoms. The number of amides is 3. The van der Waals surface area contributed by atoms with E-state index < -0.39 is 23.8 Å². The summed E-state index contributed by atoms with van der Waals surface area (Å²) in [6, 6.07) is 12.1. The zero-order valence-corrected chi connectivity index (χ0v) is 24.4. The maximum Gasteiger partial charge on any atom is 0.262 e.